The number of halogens is 1. The summed E-state index contributed by atoms with van der Waals surface area (Å²) in [5.74, 6) is 0.751. The van der Waals surface area contributed by atoms with Gasteiger partial charge in [0.05, 0.1) is 11.3 Å². The number of nitrogens with zero attached hydrogens (tertiary/aromatic N) is 2. The zero-order chi connectivity index (χ0) is 20.1. The molecular weight excluding hydrogens is 396 g/mol. The van der Waals surface area contributed by atoms with Crippen molar-refractivity contribution in [2.75, 3.05) is 0 Å². The van der Waals surface area contributed by atoms with Gasteiger partial charge >= 0.3 is 0 Å². The monoisotopic (exact) mass is 412 g/mol. The van der Waals surface area contributed by atoms with Crippen molar-refractivity contribution in [3.63, 3.8) is 0 Å². The van der Waals surface area contributed by atoms with E-state index in [1.165, 1.54) is 5.56 Å². The maximum Gasteiger partial charge on any atom is 0.115 e. The maximum atomic E-state index is 9.94. The van der Waals surface area contributed by atoms with E-state index < -0.39 is 0 Å². The highest BCUT2D eigenvalue weighted by molar-refractivity contribution is 7.98. The smallest absolute Gasteiger partial charge is 0.115 e. The molecule has 0 aliphatic carbocycles. The zero-order valence-electron chi connectivity index (χ0n) is 15.5. The van der Waals surface area contributed by atoms with Crippen LogP contribution >= 0.6 is 23.4 Å². The first kappa shape index (κ1) is 19.3. The summed E-state index contributed by atoms with van der Waals surface area (Å²) in [4.78, 5) is 4.85. The van der Waals surface area contributed by atoms with Gasteiger partial charge in [-0.3, -0.25) is 0 Å². The standard InChI is InChI=1S/C25H17ClN2S/c26-21-13-11-19(12-14-21)22-15-24(20-9-5-2-6-10-20)28-25(23(22)16-27)29-17-18-7-3-1-4-8-18/h1-15H,17H2. The lowest BCUT2D eigenvalue weighted by atomic mass is 9.99. The Morgan fingerprint density at radius 2 is 1.48 bits per heavy atom. The molecule has 4 rings (SSSR count). The maximum absolute atomic E-state index is 9.94. The van der Waals surface area contributed by atoms with Crippen molar-refractivity contribution in [2.24, 2.45) is 0 Å². The molecule has 0 aliphatic heterocycles. The van der Waals surface area contributed by atoms with E-state index in [0.29, 0.717) is 10.6 Å². The van der Waals surface area contributed by atoms with Gasteiger partial charge in [-0.05, 0) is 29.3 Å². The highest BCUT2D eigenvalue weighted by Crippen LogP contribution is 2.35. The molecule has 3 aromatic carbocycles. The zero-order valence-corrected chi connectivity index (χ0v) is 17.1. The Balaban J connectivity index is 1.82. The van der Waals surface area contributed by atoms with E-state index in [0.717, 1.165) is 33.2 Å². The molecule has 140 valence electrons. The van der Waals surface area contributed by atoms with Crippen LogP contribution in [0.3, 0.4) is 0 Å². The fourth-order valence-electron chi connectivity index (χ4n) is 3.07. The van der Waals surface area contributed by atoms with E-state index in [2.05, 4.69) is 18.2 Å². The number of pyridine rings is 1. The number of benzene rings is 3. The first-order valence-corrected chi connectivity index (χ1v) is 10.5. The number of aromatic nitrogens is 1. The third kappa shape index (κ3) is 4.51. The van der Waals surface area contributed by atoms with Gasteiger partial charge in [0.25, 0.3) is 0 Å². The predicted molar refractivity (Wildman–Crippen MR) is 121 cm³/mol. The van der Waals surface area contributed by atoms with Crippen molar-refractivity contribution >= 4 is 23.4 Å². The number of nitriles is 1. The molecule has 0 aliphatic rings. The first-order valence-electron chi connectivity index (χ1n) is 9.18. The summed E-state index contributed by atoms with van der Waals surface area (Å²) < 4.78 is 0. The molecule has 29 heavy (non-hydrogen) atoms. The van der Waals surface area contributed by atoms with Gasteiger partial charge < -0.3 is 0 Å². The van der Waals surface area contributed by atoms with Crippen LogP contribution in [0.2, 0.25) is 5.02 Å². The number of thioether (sulfide) groups is 1. The van der Waals surface area contributed by atoms with Crippen molar-refractivity contribution in [3.05, 3.63) is 107 Å². The van der Waals surface area contributed by atoms with Gasteiger partial charge in [0.1, 0.15) is 11.1 Å². The molecule has 1 aromatic heterocycles. The molecule has 0 atom stereocenters. The lowest BCUT2D eigenvalue weighted by Gasteiger charge is -2.13. The number of rotatable bonds is 5. The molecule has 4 heteroatoms. The molecular formula is C25H17ClN2S. The van der Waals surface area contributed by atoms with Crippen LogP contribution in [0.25, 0.3) is 22.4 Å². The third-order valence-electron chi connectivity index (χ3n) is 4.54. The molecule has 0 bridgehead atoms. The molecule has 0 spiro atoms. The van der Waals surface area contributed by atoms with E-state index in [9.17, 15) is 5.26 Å². The molecule has 0 saturated carbocycles. The Morgan fingerprint density at radius 3 is 2.14 bits per heavy atom. The molecule has 0 fully saturated rings. The second kappa shape index (κ2) is 8.96. The van der Waals surface area contributed by atoms with Crippen LogP contribution in [0.15, 0.2) is 96.0 Å². The van der Waals surface area contributed by atoms with Crippen molar-refractivity contribution in [3.8, 4) is 28.5 Å². The van der Waals surface area contributed by atoms with Gasteiger partial charge in [-0.25, -0.2) is 4.98 Å². The molecule has 0 radical (unpaired) electrons. The van der Waals surface area contributed by atoms with E-state index in [4.69, 9.17) is 16.6 Å². The average molecular weight is 413 g/mol. The van der Waals surface area contributed by atoms with Gasteiger partial charge in [-0.15, -0.1) is 11.8 Å². The number of hydrogen-bond donors (Lipinski definition) is 0. The Morgan fingerprint density at radius 1 is 0.828 bits per heavy atom. The summed E-state index contributed by atoms with van der Waals surface area (Å²) in [5.41, 5.74) is 5.48. The van der Waals surface area contributed by atoms with Crippen LogP contribution < -0.4 is 0 Å². The minimum atomic E-state index is 0.591. The SMILES string of the molecule is N#Cc1c(-c2ccc(Cl)cc2)cc(-c2ccccc2)nc1SCc1ccccc1. The summed E-state index contributed by atoms with van der Waals surface area (Å²) in [7, 11) is 0. The largest absolute Gasteiger partial charge is 0.240 e. The lowest BCUT2D eigenvalue weighted by molar-refractivity contribution is 1.12. The van der Waals surface area contributed by atoms with Crippen molar-refractivity contribution in [1.29, 1.82) is 5.26 Å². The number of hydrogen-bond acceptors (Lipinski definition) is 3. The summed E-state index contributed by atoms with van der Waals surface area (Å²) in [6.45, 7) is 0. The van der Waals surface area contributed by atoms with Crippen LogP contribution in [-0.4, -0.2) is 4.98 Å². The van der Waals surface area contributed by atoms with Crippen LogP contribution in [-0.2, 0) is 5.75 Å². The molecule has 2 nitrogen and oxygen atoms in total. The predicted octanol–water partition coefficient (Wildman–Crippen LogP) is 7.23. The first-order chi connectivity index (χ1) is 14.2. The Bertz CT molecular complexity index is 1150. The normalized spacial score (nSPS) is 10.5. The molecule has 0 saturated heterocycles. The Hall–Kier alpha value is -3.06. The molecule has 4 aromatic rings. The highest BCUT2D eigenvalue weighted by Gasteiger charge is 2.16. The van der Waals surface area contributed by atoms with E-state index in [1.807, 2.05) is 78.9 Å². The van der Waals surface area contributed by atoms with E-state index in [1.54, 1.807) is 11.8 Å². The molecule has 0 N–H and O–H groups in total. The van der Waals surface area contributed by atoms with Gasteiger partial charge in [0, 0.05) is 21.9 Å². The van der Waals surface area contributed by atoms with E-state index >= 15 is 0 Å². The van der Waals surface area contributed by atoms with Gasteiger partial charge in [-0.1, -0.05) is 84.4 Å². The summed E-state index contributed by atoms with van der Waals surface area (Å²) in [6.07, 6.45) is 0. The Labute approximate surface area is 179 Å². The molecule has 0 amide bonds. The van der Waals surface area contributed by atoms with Gasteiger partial charge in [-0.2, -0.15) is 5.26 Å². The minimum absolute atomic E-state index is 0.591. The second-order valence-corrected chi connectivity index (χ2v) is 7.89. The highest BCUT2D eigenvalue weighted by atomic mass is 35.5. The van der Waals surface area contributed by atoms with Crippen molar-refractivity contribution in [2.45, 2.75) is 10.8 Å². The quantitative estimate of drug-likeness (QED) is 0.324. The second-order valence-electron chi connectivity index (χ2n) is 6.49. The van der Waals surface area contributed by atoms with Crippen molar-refractivity contribution in [1.82, 2.24) is 4.98 Å². The van der Waals surface area contributed by atoms with Crippen LogP contribution in [0, 0.1) is 11.3 Å². The third-order valence-corrected chi connectivity index (χ3v) is 5.84. The topological polar surface area (TPSA) is 36.7 Å². The van der Waals surface area contributed by atoms with Gasteiger partial charge in [0.15, 0.2) is 0 Å². The van der Waals surface area contributed by atoms with E-state index in [-0.39, 0.29) is 0 Å². The fraction of sp³-hybridized carbons (Fsp3) is 0.0400. The molecule has 0 unspecified atom stereocenters. The fourth-order valence-corrected chi connectivity index (χ4v) is 4.16. The minimum Gasteiger partial charge on any atom is -0.240 e. The Kier molecular flexibility index (Phi) is 5.95. The van der Waals surface area contributed by atoms with Crippen LogP contribution in [0.5, 0.6) is 0 Å². The van der Waals surface area contributed by atoms with Crippen molar-refractivity contribution < 1.29 is 0 Å². The summed E-state index contributed by atoms with van der Waals surface area (Å²) in [6, 6.07) is 32.2. The molecule has 1 heterocycles. The average Bonchev–Trinajstić information content (AvgIpc) is 2.79. The van der Waals surface area contributed by atoms with Crippen LogP contribution in [0.1, 0.15) is 11.1 Å². The van der Waals surface area contributed by atoms with Crippen LogP contribution in [0.4, 0.5) is 0 Å². The summed E-state index contributed by atoms with van der Waals surface area (Å²) >= 11 is 7.65. The summed E-state index contributed by atoms with van der Waals surface area (Å²) in [5, 5.41) is 11.4. The van der Waals surface area contributed by atoms with Gasteiger partial charge in [0.2, 0.25) is 0 Å². The lowest BCUT2D eigenvalue weighted by Crippen LogP contribution is -1.96.